The summed E-state index contributed by atoms with van der Waals surface area (Å²) in [6.45, 7) is 0. The number of thioether (sulfide) groups is 1. The van der Waals surface area contributed by atoms with Gasteiger partial charge in [-0.1, -0.05) is 0 Å². The summed E-state index contributed by atoms with van der Waals surface area (Å²) in [4.78, 5) is 1.82. The first-order valence-electron chi connectivity index (χ1n) is 3.70. The number of aromatic hydroxyl groups is 1. The lowest BCUT2D eigenvalue weighted by molar-refractivity contribution is 0.469. The Morgan fingerprint density at radius 1 is 1.54 bits per heavy atom. The minimum absolute atomic E-state index is 0.289. The summed E-state index contributed by atoms with van der Waals surface area (Å²) in [5.41, 5.74) is 0. The molecule has 0 saturated carbocycles. The number of thiophene rings is 1. The SMILES string of the molecule is CSc1cc(S)c(O)c2ccsc12. The summed E-state index contributed by atoms with van der Waals surface area (Å²) in [7, 11) is 0. The zero-order valence-electron chi connectivity index (χ0n) is 6.94. The van der Waals surface area contributed by atoms with Crippen molar-refractivity contribution in [3.8, 4) is 5.75 Å². The Balaban J connectivity index is 2.87. The predicted octanol–water partition coefficient (Wildman–Crippen LogP) is 3.62. The lowest BCUT2D eigenvalue weighted by Gasteiger charge is -2.03. The van der Waals surface area contributed by atoms with Crippen LogP contribution in [-0.4, -0.2) is 11.4 Å². The number of hydrogen-bond donors (Lipinski definition) is 2. The van der Waals surface area contributed by atoms with Crippen LogP contribution in [0, 0.1) is 0 Å². The molecule has 0 aliphatic carbocycles. The van der Waals surface area contributed by atoms with Crippen LogP contribution >= 0.6 is 35.7 Å². The first-order chi connectivity index (χ1) is 6.24. The van der Waals surface area contributed by atoms with E-state index >= 15 is 0 Å². The number of phenols is 1. The third-order valence-electron chi connectivity index (χ3n) is 1.87. The summed E-state index contributed by atoms with van der Waals surface area (Å²) in [5.74, 6) is 0.289. The first-order valence-corrected chi connectivity index (χ1v) is 6.25. The van der Waals surface area contributed by atoms with Gasteiger partial charge in [-0.05, 0) is 23.8 Å². The van der Waals surface area contributed by atoms with Crippen molar-refractivity contribution in [2.45, 2.75) is 9.79 Å². The molecule has 68 valence electrons. The van der Waals surface area contributed by atoms with E-state index in [0.29, 0.717) is 4.90 Å². The summed E-state index contributed by atoms with van der Waals surface area (Å²) >= 11 is 7.54. The molecule has 0 amide bonds. The van der Waals surface area contributed by atoms with Gasteiger partial charge in [0, 0.05) is 15.2 Å². The molecular weight excluding hydrogens is 220 g/mol. The molecule has 0 fully saturated rings. The Bertz CT molecular complexity index is 447. The molecule has 1 nitrogen and oxygen atoms in total. The molecule has 1 heterocycles. The van der Waals surface area contributed by atoms with Gasteiger partial charge in [-0.25, -0.2) is 0 Å². The van der Waals surface area contributed by atoms with E-state index < -0.39 is 0 Å². The van der Waals surface area contributed by atoms with Gasteiger partial charge in [0.1, 0.15) is 5.75 Å². The highest BCUT2D eigenvalue weighted by atomic mass is 32.2. The summed E-state index contributed by atoms with van der Waals surface area (Å²) in [6.07, 6.45) is 2.03. The second-order valence-corrected chi connectivity index (χ2v) is 4.86. The Morgan fingerprint density at radius 3 is 3.00 bits per heavy atom. The smallest absolute Gasteiger partial charge is 0.137 e. The molecule has 2 aromatic rings. The van der Waals surface area contributed by atoms with Crippen LogP contribution in [0.4, 0.5) is 0 Å². The lowest BCUT2D eigenvalue weighted by atomic mass is 10.2. The predicted molar refractivity (Wildman–Crippen MR) is 62.5 cm³/mol. The Hall–Kier alpha value is -0.320. The van der Waals surface area contributed by atoms with Crippen LogP contribution < -0.4 is 0 Å². The Kier molecular flexibility index (Phi) is 2.45. The third kappa shape index (κ3) is 1.43. The molecule has 13 heavy (non-hydrogen) atoms. The molecule has 0 aliphatic rings. The second kappa shape index (κ2) is 3.44. The fourth-order valence-electron chi connectivity index (χ4n) is 1.23. The molecule has 1 aromatic heterocycles. The maximum absolute atomic E-state index is 9.69. The van der Waals surface area contributed by atoms with Crippen molar-refractivity contribution < 1.29 is 5.11 Å². The highest BCUT2D eigenvalue weighted by molar-refractivity contribution is 7.99. The van der Waals surface area contributed by atoms with Crippen molar-refractivity contribution in [3.05, 3.63) is 17.5 Å². The van der Waals surface area contributed by atoms with Gasteiger partial charge in [0.05, 0.1) is 4.70 Å². The molecule has 4 heteroatoms. The van der Waals surface area contributed by atoms with Gasteiger partial charge in [0.15, 0.2) is 0 Å². The minimum Gasteiger partial charge on any atom is -0.506 e. The second-order valence-electron chi connectivity index (χ2n) is 2.61. The van der Waals surface area contributed by atoms with E-state index in [1.165, 1.54) is 4.90 Å². The van der Waals surface area contributed by atoms with Crippen LogP contribution in [0.15, 0.2) is 27.3 Å². The molecule has 0 bridgehead atoms. The molecule has 0 unspecified atom stereocenters. The number of fused-ring (bicyclic) bond motifs is 1. The van der Waals surface area contributed by atoms with Crippen LogP contribution in [0.2, 0.25) is 0 Å². The van der Waals surface area contributed by atoms with Gasteiger partial charge in [0.25, 0.3) is 0 Å². The minimum atomic E-state index is 0.289. The van der Waals surface area contributed by atoms with Crippen molar-refractivity contribution in [3.63, 3.8) is 0 Å². The summed E-state index contributed by atoms with van der Waals surface area (Å²) < 4.78 is 1.14. The molecule has 1 N–H and O–H groups in total. The topological polar surface area (TPSA) is 20.2 Å². The van der Waals surface area contributed by atoms with Gasteiger partial charge in [0.2, 0.25) is 0 Å². The van der Waals surface area contributed by atoms with E-state index in [2.05, 4.69) is 12.6 Å². The van der Waals surface area contributed by atoms with Crippen LogP contribution in [-0.2, 0) is 0 Å². The van der Waals surface area contributed by atoms with Crippen molar-refractivity contribution >= 4 is 45.8 Å². The van der Waals surface area contributed by atoms with Crippen molar-refractivity contribution in [1.29, 1.82) is 0 Å². The maximum Gasteiger partial charge on any atom is 0.137 e. The molecule has 2 rings (SSSR count). The first kappa shape index (κ1) is 9.24. The van der Waals surface area contributed by atoms with Crippen LogP contribution in [0.3, 0.4) is 0 Å². The van der Waals surface area contributed by atoms with E-state index in [9.17, 15) is 5.11 Å². The van der Waals surface area contributed by atoms with Crippen LogP contribution in [0.25, 0.3) is 10.1 Å². The fourth-order valence-corrected chi connectivity index (χ4v) is 3.30. The quantitative estimate of drug-likeness (QED) is 0.574. The van der Waals surface area contributed by atoms with Gasteiger partial charge >= 0.3 is 0 Å². The van der Waals surface area contributed by atoms with Crippen molar-refractivity contribution in [1.82, 2.24) is 0 Å². The third-order valence-corrected chi connectivity index (χ3v) is 4.05. The van der Waals surface area contributed by atoms with Gasteiger partial charge in [-0.2, -0.15) is 0 Å². The Morgan fingerprint density at radius 2 is 2.31 bits per heavy atom. The Labute approximate surface area is 90.2 Å². The van der Waals surface area contributed by atoms with E-state index in [0.717, 1.165) is 10.1 Å². The van der Waals surface area contributed by atoms with Crippen LogP contribution in [0.1, 0.15) is 0 Å². The zero-order chi connectivity index (χ0) is 9.42. The molecule has 0 radical (unpaired) electrons. The van der Waals surface area contributed by atoms with Gasteiger partial charge in [-0.15, -0.1) is 35.7 Å². The molecule has 0 aliphatic heterocycles. The number of thiol groups is 1. The van der Waals surface area contributed by atoms with Gasteiger partial charge < -0.3 is 5.11 Å². The number of hydrogen-bond acceptors (Lipinski definition) is 4. The van der Waals surface area contributed by atoms with Crippen LogP contribution in [0.5, 0.6) is 5.75 Å². The molecule has 0 spiro atoms. The monoisotopic (exact) mass is 228 g/mol. The summed E-state index contributed by atoms with van der Waals surface area (Å²) in [6, 6.07) is 3.83. The lowest BCUT2D eigenvalue weighted by Crippen LogP contribution is -1.75. The molecule has 1 aromatic carbocycles. The number of phenolic OH excluding ortho intramolecular Hbond substituents is 1. The van der Waals surface area contributed by atoms with E-state index in [4.69, 9.17) is 0 Å². The highest BCUT2D eigenvalue weighted by Crippen LogP contribution is 2.40. The van der Waals surface area contributed by atoms with E-state index in [-0.39, 0.29) is 5.75 Å². The molecule has 0 saturated heterocycles. The zero-order valence-corrected chi connectivity index (χ0v) is 9.47. The van der Waals surface area contributed by atoms with Gasteiger partial charge in [-0.3, -0.25) is 0 Å². The largest absolute Gasteiger partial charge is 0.506 e. The average molecular weight is 228 g/mol. The summed E-state index contributed by atoms with van der Waals surface area (Å²) in [5, 5.41) is 12.6. The van der Waals surface area contributed by atoms with Crippen molar-refractivity contribution in [2.75, 3.05) is 6.26 Å². The highest BCUT2D eigenvalue weighted by Gasteiger charge is 2.09. The van der Waals surface area contributed by atoms with E-state index in [1.54, 1.807) is 23.1 Å². The van der Waals surface area contributed by atoms with Crippen molar-refractivity contribution in [2.24, 2.45) is 0 Å². The fraction of sp³-hybridized carbons (Fsp3) is 0.111. The maximum atomic E-state index is 9.69. The molecular formula is C9H8OS3. The standard InChI is InChI=1S/C9H8OS3/c1-12-7-4-6(11)8(10)5-2-3-13-9(5)7/h2-4,10-11H,1H3. The molecule has 0 atom stereocenters. The normalized spacial score (nSPS) is 10.9. The van der Waals surface area contributed by atoms with E-state index in [1.807, 2.05) is 23.8 Å². The average Bonchev–Trinajstić information content (AvgIpc) is 2.60. The number of benzene rings is 1. The number of rotatable bonds is 1.